The highest BCUT2D eigenvalue weighted by molar-refractivity contribution is 6.07. The number of amides is 3. The van der Waals surface area contributed by atoms with Gasteiger partial charge in [0.15, 0.2) is 0 Å². The lowest BCUT2D eigenvalue weighted by molar-refractivity contribution is -0.120. The maximum Gasteiger partial charge on any atom is 0.328 e. The lowest BCUT2D eigenvalue weighted by Gasteiger charge is -2.29. The smallest absolute Gasteiger partial charge is 0.306 e. The zero-order valence-electron chi connectivity index (χ0n) is 14.4. The average Bonchev–Trinajstić information content (AvgIpc) is 3.00. The van der Waals surface area contributed by atoms with Crippen LogP contribution in [0, 0.1) is 5.92 Å². The Morgan fingerprint density at radius 1 is 1.24 bits per heavy atom. The number of imide groups is 1. The summed E-state index contributed by atoms with van der Waals surface area (Å²) in [6.07, 6.45) is 7.48. The van der Waals surface area contributed by atoms with Gasteiger partial charge in [0, 0.05) is 19.2 Å². The van der Waals surface area contributed by atoms with Crippen LogP contribution in [0.4, 0.5) is 10.5 Å². The van der Waals surface area contributed by atoms with Crippen molar-refractivity contribution in [2.75, 3.05) is 31.6 Å². The largest absolute Gasteiger partial charge is 0.328 e. The van der Waals surface area contributed by atoms with Gasteiger partial charge in [0.1, 0.15) is 0 Å². The van der Waals surface area contributed by atoms with Crippen molar-refractivity contribution in [3.63, 3.8) is 0 Å². The Kier molecular flexibility index (Phi) is 4.17. The first-order chi connectivity index (χ1) is 12.1. The third-order valence-corrected chi connectivity index (χ3v) is 5.27. The van der Waals surface area contributed by atoms with Crippen molar-refractivity contribution < 1.29 is 9.59 Å². The van der Waals surface area contributed by atoms with Gasteiger partial charge in [0.25, 0.3) is 0 Å². The van der Waals surface area contributed by atoms with E-state index in [1.165, 1.54) is 18.4 Å². The van der Waals surface area contributed by atoms with Gasteiger partial charge in [-0.1, -0.05) is 0 Å². The molecule has 0 spiro atoms. The van der Waals surface area contributed by atoms with Gasteiger partial charge in [-0.3, -0.25) is 15.0 Å². The van der Waals surface area contributed by atoms with Gasteiger partial charge in [-0.15, -0.1) is 0 Å². The normalized spacial score (nSPS) is 20.3. The number of piperidine rings is 1. The highest BCUT2D eigenvalue weighted by Gasteiger charge is 2.26. The maximum absolute atomic E-state index is 12.1. The zero-order valence-corrected chi connectivity index (χ0v) is 14.4. The third kappa shape index (κ3) is 3.24. The Hall–Kier alpha value is -2.41. The van der Waals surface area contributed by atoms with Crippen molar-refractivity contribution in [3.8, 4) is 0 Å². The molecule has 0 unspecified atom stereocenters. The number of pyridine rings is 1. The minimum Gasteiger partial charge on any atom is -0.306 e. The second-order valence-electron chi connectivity index (χ2n) is 7.10. The first-order valence-corrected chi connectivity index (χ1v) is 8.86. The quantitative estimate of drug-likeness (QED) is 0.922. The summed E-state index contributed by atoms with van der Waals surface area (Å²) in [5.41, 5.74) is 2.95. The summed E-state index contributed by atoms with van der Waals surface area (Å²) in [4.78, 5) is 27.5. The monoisotopic (exact) mass is 341 g/mol. The molecule has 2 aromatic heterocycles. The van der Waals surface area contributed by atoms with Crippen LogP contribution in [-0.4, -0.2) is 53.1 Å². The van der Waals surface area contributed by atoms with Crippen molar-refractivity contribution in [1.29, 1.82) is 0 Å². The molecule has 0 atom stereocenters. The van der Waals surface area contributed by atoms with Gasteiger partial charge >= 0.3 is 6.03 Å². The van der Waals surface area contributed by atoms with E-state index in [1.54, 1.807) is 15.6 Å². The molecule has 0 aliphatic carbocycles. The predicted octanol–water partition coefficient (Wildman–Crippen LogP) is 1.66. The molecule has 4 rings (SSSR count). The van der Waals surface area contributed by atoms with Gasteiger partial charge < -0.3 is 4.90 Å². The van der Waals surface area contributed by atoms with Crippen LogP contribution in [-0.2, 0) is 11.2 Å². The van der Waals surface area contributed by atoms with Crippen molar-refractivity contribution in [1.82, 2.24) is 19.8 Å². The molecule has 0 radical (unpaired) electrons. The van der Waals surface area contributed by atoms with Crippen molar-refractivity contribution in [2.24, 2.45) is 5.92 Å². The summed E-state index contributed by atoms with van der Waals surface area (Å²) < 4.78 is 1.79. The van der Waals surface area contributed by atoms with E-state index in [4.69, 9.17) is 0 Å². The zero-order chi connectivity index (χ0) is 17.4. The number of anilines is 1. The SMILES string of the molecule is CN1CCC(Cc2ccn3ncc(N4CCC(=O)NC4=O)c3c2)CC1. The molecular formula is C18H23N5O2. The molecule has 3 amide bonds. The van der Waals surface area contributed by atoms with E-state index in [2.05, 4.69) is 34.5 Å². The minimum absolute atomic E-state index is 0.222. The number of aromatic nitrogens is 2. The molecule has 2 fully saturated rings. The molecule has 0 bridgehead atoms. The van der Waals surface area contributed by atoms with Crippen LogP contribution in [0.15, 0.2) is 24.5 Å². The number of carbonyl (C=O) groups is 2. The fraction of sp³-hybridized carbons (Fsp3) is 0.500. The molecule has 0 aromatic carbocycles. The number of fused-ring (bicyclic) bond motifs is 1. The second-order valence-corrected chi connectivity index (χ2v) is 7.10. The fourth-order valence-corrected chi connectivity index (χ4v) is 3.74. The Bertz CT molecular complexity index is 807. The fourth-order valence-electron chi connectivity index (χ4n) is 3.74. The summed E-state index contributed by atoms with van der Waals surface area (Å²) in [6.45, 7) is 2.71. The lowest BCUT2D eigenvalue weighted by Crippen LogP contribution is -2.49. The highest BCUT2D eigenvalue weighted by Crippen LogP contribution is 2.26. The van der Waals surface area contributed by atoms with Crippen LogP contribution < -0.4 is 10.2 Å². The number of likely N-dealkylation sites (tertiary alicyclic amines) is 1. The van der Waals surface area contributed by atoms with Gasteiger partial charge in [-0.05, 0) is 63.0 Å². The number of hydrogen-bond acceptors (Lipinski definition) is 4. The van der Waals surface area contributed by atoms with Crippen molar-refractivity contribution >= 4 is 23.1 Å². The van der Waals surface area contributed by atoms with E-state index in [1.807, 2.05) is 6.20 Å². The molecule has 0 saturated carbocycles. The molecule has 132 valence electrons. The number of urea groups is 1. The van der Waals surface area contributed by atoms with Gasteiger partial charge in [-0.25, -0.2) is 9.31 Å². The van der Waals surface area contributed by atoms with E-state index in [0.29, 0.717) is 18.9 Å². The lowest BCUT2D eigenvalue weighted by atomic mass is 9.90. The van der Waals surface area contributed by atoms with Crippen LogP contribution in [0.2, 0.25) is 0 Å². The average molecular weight is 341 g/mol. The van der Waals surface area contributed by atoms with Crippen molar-refractivity contribution in [2.45, 2.75) is 25.7 Å². The molecular weight excluding hydrogens is 318 g/mol. The number of nitrogens with one attached hydrogen (secondary N) is 1. The van der Waals surface area contributed by atoms with Gasteiger partial charge in [0.2, 0.25) is 5.91 Å². The predicted molar refractivity (Wildman–Crippen MR) is 94.6 cm³/mol. The summed E-state index contributed by atoms with van der Waals surface area (Å²) in [7, 11) is 2.18. The van der Waals surface area contributed by atoms with E-state index >= 15 is 0 Å². The molecule has 7 nitrogen and oxygen atoms in total. The molecule has 4 heterocycles. The van der Waals surface area contributed by atoms with Crippen LogP contribution >= 0.6 is 0 Å². The second kappa shape index (κ2) is 6.48. The van der Waals surface area contributed by atoms with Crippen LogP contribution in [0.5, 0.6) is 0 Å². The van der Waals surface area contributed by atoms with Crippen molar-refractivity contribution in [3.05, 3.63) is 30.1 Å². The molecule has 1 N–H and O–H groups in total. The first-order valence-electron chi connectivity index (χ1n) is 8.86. The van der Waals surface area contributed by atoms with Crippen LogP contribution in [0.1, 0.15) is 24.8 Å². The van der Waals surface area contributed by atoms with Gasteiger partial charge in [0.05, 0.1) is 17.4 Å². The molecule has 2 aromatic rings. The van der Waals surface area contributed by atoms with Crippen LogP contribution in [0.25, 0.3) is 5.52 Å². The number of carbonyl (C=O) groups excluding carboxylic acids is 2. The topological polar surface area (TPSA) is 70.0 Å². The molecule has 2 saturated heterocycles. The Morgan fingerprint density at radius 2 is 2.04 bits per heavy atom. The molecule has 2 aliphatic rings. The summed E-state index contributed by atoms with van der Waals surface area (Å²) in [5, 5.41) is 6.72. The molecule has 2 aliphatic heterocycles. The molecule has 25 heavy (non-hydrogen) atoms. The first kappa shape index (κ1) is 16.1. The third-order valence-electron chi connectivity index (χ3n) is 5.27. The minimum atomic E-state index is -0.369. The Balaban J connectivity index is 1.57. The highest BCUT2D eigenvalue weighted by atomic mass is 16.2. The summed E-state index contributed by atoms with van der Waals surface area (Å²) in [5.74, 6) is 0.488. The Labute approximate surface area is 146 Å². The summed E-state index contributed by atoms with van der Waals surface area (Å²) >= 11 is 0. The molecule has 7 heteroatoms. The number of nitrogens with zero attached hydrogens (tertiary/aromatic N) is 4. The Morgan fingerprint density at radius 3 is 2.80 bits per heavy atom. The van der Waals surface area contributed by atoms with E-state index in [9.17, 15) is 9.59 Å². The summed E-state index contributed by atoms with van der Waals surface area (Å²) in [6, 6.07) is 3.87. The maximum atomic E-state index is 12.1. The van der Waals surface area contributed by atoms with Gasteiger partial charge in [-0.2, -0.15) is 5.10 Å². The van der Waals surface area contributed by atoms with E-state index in [-0.39, 0.29) is 11.9 Å². The number of hydrogen-bond donors (Lipinski definition) is 1. The standard InChI is InChI=1S/C18H23N5O2/c1-21-6-2-13(3-7-21)10-14-4-9-23-15(11-14)16(12-19-23)22-8-5-17(24)20-18(22)25/h4,9,11-13H,2-3,5-8,10H2,1H3,(H,20,24,25). The van der Waals surface area contributed by atoms with E-state index < -0.39 is 0 Å². The van der Waals surface area contributed by atoms with E-state index in [0.717, 1.165) is 30.7 Å². The number of rotatable bonds is 3. The van der Waals surface area contributed by atoms with Crippen LogP contribution in [0.3, 0.4) is 0 Å².